The lowest BCUT2D eigenvalue weighted by atomic mass is 10.2. The Kier molecular flexibility index (Phi) is 5.13. The Morgan fingerprint density at radius 2 is 1.96 bits per heavy atom. The van der Waals surface area contributed by atoms with E-state index in [0.29, 0.717) is 6.54 Å². The van der Waals surface area contributed by atoms with Gasteiger partial charge in [-0.25, -0.2) is 4.39 Å². The number of thiophene rings is 1. The summed E-state index contributed by atoms with van der Waals surface area (Å²) in [6.45, 7) is 0.398. The number of nitrogens with one attached hydrogen (secondary N) is 1. The molecule has 1 N–H and O–H groups in total. The first-order valence-corrected chi connectivity index (χ1v) is 8.24. The van der Waals surface area contributed by atoms with Gasteiger partial charge in [-0.3, -0.25) is 9.78 Å². The molecule has 3 nitrogen and oxygen atoms in total. The van der Waals surface area contributed by atoms with Crippen LogP contribution in [-0.2, 0) is 11.3 Å². The van der Waals surface area contributed by atoms with Crippen molar-refractivity contribution < 1.29 is 9.18 Å². The van der Waals surface area contributed by atoms with E-state index in [1.54, 1.807) is 35.7 Å². The molecule has 1 amide bonds. The number of halogens is 1. The largest absolute Gasteiger partial charge is 0.347 e. The van der Waals surface area contributed by atoms with E-state index in [9.17, 15) is 9.18 Å². The Bertz CT molecular complexity index is 841. The van der Waals surface area contributed by atoms with Crippen molar-refractivity contribution in [2.45, 2.75) is 6.54 Å². The molecule has 0 bridgehead atoms. The molecule has 3 aromatic rings. The summed E-state index contributed by atoms with van der Waals surface area (Å²) in [6, 6.07) is 15.8. The van der Waals surface area contributed by atoms with E-state index in [0.717, 1.165) is 21.0 Å². The van der Waals surface area contributed by atoms with Crippen molar-refractivity contribution in [3.05, 3.63) is 83.3 Å². The number of hydrogen-bond acceptors (Lipinski definition) is 3. The highest BCUT2D eigenvalue weighted by molar-refractivity contribution is 7.16. The summed E-state index contributed by atoms with van der Waals surface area (Å²) in [5.41, 5.74) is 1.77. The number of carbonyl (C=O) groups is 1. The molecule has 0 unspecified atom stereocenters. The molecule has 0 radical (unpaired) electrons. The predicted molar refractivity (Wildman–Crippen MR) is 94.8 cm³/mol. The second kappa shape index (κ2) is 7.66. The maximum Gasteiger partial charge on any atom is 0.244 e. The molecular weight excluding hydrogens is 323 g/mol. The molecule has 24 heavy (non-hydrogen) atoms. The average molecular weight is 338 g/mol. The molecule has 0 saturated heterocycles. The molecular formula is C19H15FN2OS. The third-order valence-corrected chi connectivity index (χ3v) is 4.42. The summed E-state index contributed by atoms with van der Waals surface area (Å²) in [5, 5.41) is 2.79. The molecule has 0 spiro atoms. The van der Waals surface area contributed by atoms with Crippen LogP contribution in [0.1, 0.15) is 10.6 Å². The van der Waals surface area contributed by atoms with Gasteiger partial charge in [0.1, 0.15) is 5.82 Å². The fourth-order valence-corrected chi connectivity index (χ4v) is 3.02. The zero-order valence-electron chi connectivity index (χ0n) is 12.8. The van der Waals surface area contributed by atoms with E-state index >= 15 is 0 Å². The maximum absolute atomic E-state index is 13.0. The molecule has 0 aliphatic rings. The van der Waals surface area contributed by atoms with Gasteiger partial charge < -0.3 is 5.32 Å². The molecule has 0 aliphatic carbocycles. The number of hydrogen-bond donors (Lipinski definition) is 1. The lowest BCUT2D eigenvalue weighted by Crippen LogP contribution is -2.20. The van der Waals surface area contributed by atoms with Crippen molar-refractivity contribution in [3.63, 3.8) is 0 Å². The van der Waals surface area contributed by atoms with Crippen molar-refractivity contribution in [2.75, 3.05) is 0 Å². The topological polar surface area (TPSA) is 42.0 Å². The van der Waals surface area contributed by atoms with Crippen LogP contribution in [0, 0.1) is 5.82 Å². The molecule has 3 rings (SSSR count). The van der Waals surface area contributed by atoms with E-state index in [1.165, 1.54) is 18.2 Å². The van der Waals surface area contributed by atoms with E-state index in [-0.39, 0.29) is 11.7 Å². The van der Waals surface area contributed by atoms with Gasteiger partial charge >= 0.3 is 0 Å². The van der Waals surface area contributed by atoms with Gasteiger partial charge in [0.25, 0.3) is 0 Å². The van der Waals surface area contributed by atoms with Crippen LogP contribution in [0.2, 0.25) is 0 Å². The first-order chi connectivity index (χ1) is 11.7. The first kappa shape index (κ1) is 16.1. The number of amides is 1. The normalized spacial score (nSPS) is 10.9. The zero-order chi connectivity index (χ0) is 16.8. The van der Waals surface area contributed by atoms with Gasteiger partial charge in [0, 0.05) is 22.0 Å². The van der Waals surface area contributed by atoms with E-state index in [1.807, 2.05) is 30.3 Å². The van der Waals surface area contributed by atoms with Crippen LogP contribution in [0.25, 0.3) is 16.5 Å². The lowest BCUT2D eigenvalue weighted by Gasteiger charge is -2.00. The average Bonchev–Trinajstić information content (AvgIpc) is 3.09. The van der Waals surface area contributed by atoms with Gasteiger partial charge in [0.2, 0.25) is 5.91 Å². The van der Waals surface area contributed by atoms with Gasteiger partial charge in [0.15, 0.2) is 0 Å². The highest BCUT2D eigenvalue weighted by Gasteiger charge is 2.02. The Morgan fingerprint density at radius 1 is 1.12 bits per heavy atom. The van der Waals surface area contributed by atoms with Gasteiger partial charge in [-0.1, -0.05) is 18.2 Å². The Labute approximate surface area is 143 Å². The molecule has 0 saturated carbocycles. The number of pyridine rings is 1. The van der Waals surface area contributed by atoms with Crippen LogP contribution >= 0.6 is 11.3 Å². The second-order valence-electron chi connectivity index (χ2n) is 5.08. The van der Waals surface area contributed by atoms with Crippen molar-refractivity contribution >= 4 is 23.3 Å². The van der Waals surface area contributed by atoms with Gasteiger partial charge in [-0.2, -0.15) is 0 Å². The van der Waals surface area contributed by atoms with E-state index in [2.05, 4.69) is 10.3 Å². The highest BCUT2D eigenvalue weighted by Crippen LogP contribution is 2.28. The van der Waals surface area contributed by atoms with Gasteiger partial charge in [-0.05, 0) is 48.0 Å². The highest BCUT2D eigenvalue weighted by atomic mass is 32.1. The zero-order valence-corrected chi connectivity index (χ0v) is 13.6. The molecule has 2 aromatic heterocycles. The molecule has 0 fully saturated rings. The Morgan fingerprint density at radius 3 is 2.71 bits per heavy atom. The minimum absolute atomic E-state index is 0.169. The Balaban J connectivity index is 1.58. The van der Waals surface area contributed by atoms with Crippen LogP contribution in [0.15, 0.2) is 66.9 Å². The summed E-state index contributed by atoms with van der Waals surface area (Å²) in [6.07, 6.45) is 4.97. The van der Waals surface area contributed by atoms with Crippen LogP contribution in [0.5, 0.6) is 0 Å². The fourth-order valence-electron chi connectivity index (χ4n) is 2.11. The predicted octanol–water partition coefficient (Wildman–Crippen LogP) is 4.28. The van der Waals surface area contributed by atoms with Crippen LogP contribution in [0.4, 0.5) is 4.39 Å². The minimum Gasteiger partial charge on any atom is -0.347 e. The third-order valence-electron chi connectivity index (χ3n) is 3.32. The van der Waals surface area contributed by atoms with E-state index in [4.69, 9.17) is 0 Å². The van der Waals surface area contributed by atoms with Crippen LogP contribution < -0.4 is 5.32 Å². The number of rotatable bonds is 5. The molecule has 120 valence electrons. The molecule has 0 aliphatic heterocycles. The SMILES string of the molecule is O=C(C=Cc1ccc(-c2ccc(F)cc2)s1)NCc1ccccn1. The van der Waals surface area contributed by atoms with Gasteiger partial charge in [0.05, 0.1) is 12.2 Å². The van der Waals surface area contributed by atoms with E-state index < -0.39 is 0 Å². The third kappa shape index (κ3) is 4.36. The standard InChI is InChI=1S/C19H15FN2OS/c20-15-6-4-14(5-7-15)18-10-8-17(24-18)9-11-19(23)22-13-16-3-1-2-12-21-16/h1-12H,13H2,(H,22,23). The monoisotopic (exact) mass is 338 g/mol. The smallest absolute Gasteiger partial charge is 0.244 e. The minimum atomic E-state index is -0.250. The van der Waals surface area contributed by atoms with Crippen molar-refractivity contribution in [2.24, 2.45) is 0 Å². The second-order valence-corrected chi connectivity index (χ2v) is 6.20. The van der Waals surface area contributed by atoms with Crippen LogP contribution in [0.3, 0.4) is 0 Å². The summed E-state index contributed by atoms with van der Waals surface area (Å²) in [4.78, 5) is 18.0. The molecule has 0 atom stereocenters. The number of benzene rings is 1. The fraction of sp³-hybridized carbons (Fsp3) is 0.0526. The summed E-state index contributed by atoms with van der Waals surface area (Å²) in [7, 11) is 0. The molecule has 5 heteroatoms. The quantitative estimate of drug-likeness (QED) is 0.706. The number of carbonyl (C=O) groups excluding carboxylic acids is 1. The lowest BCUT2D eigenvalue weighted by molar-refractivity contribution is -0.116. The Hall–Kier alpha value is -2.79. The molecule has 2 heterocycles. The van der Waals surface area contributed by atoms with Crippen molar-refractivity contribution in [1.82, 2.24) is 10.3 Å². The van der Waals surface area contributed by atoms with Crippen molar-refractivity contribution in [1.29, 1.82) is 0 Å². The van der Waals surface area contributed by atoms with Gasteiger partial charge in [-0.15, -0.1) is 11.3 Å². The molecule has 1 aromatic carbocycles. The summed E-state index contributed by atoms with van der Waals surface area (Å²) >= 11 is 1.55. The van der Waals surface area contributed by atoms with Crippen molar-refractivity contribution in [3.8, 4) is 10.4 Å². The maximum atomic E-state index is 13.0. The first-order valence-electron chi connectivity index (χ1n) is 7.42. The summed E-state index contributed by atoms with van der Waals surface area (Å²) in [5.74, 6) is -0.419. The number of aromatic nitrogens is 1. The summed E-state index contributed by atoms with van der Waals surface area (Å²) < 4.78 is 13.0. The number of nitrogens with zero attached hydrogens (tertiary/aromatic N) is 1. The van der Waals surface area contributed by atoms with Crippen LogP contribution in [-0.4, -0.2) is 10.9 Å².